The van der Waals surface area contributed by atoms with Gasteiger partial charge in [0.05, 0.1) is 0 Å². The zero-order chi connectivity index (χ0) is 23.4. The highest BCUT2D eigenvalue weighted by Crippen LogP contribution is 2.39. The molecule has 34 heavy (non-hydrogen) atoms. The Morgan fingerprint density at radius 1 is 0.529 bits per heavy atom. The summed E-state index contributed by atoms with van der Waals surface area (Å²) in [4.78, 5) is 2.75. The van der Waals surface area contributed by atoms with Gasteiger partial charge in [0.1, 0.15) is 0 Å². The second kappa shape index (κ2) is 13.8. The monoisotopic (exact) mass is 501 g/mol. The maximum absolute atomic E-state index is 2.75. The maximum Gasteiger partial charge on any atom is 0.0269 e. The van der Waals surface area contributed by atoms with Crippen molar-refractivity contribution in [3.05, 3.63) is 121 Å². The molecule has 4 heteroatoms. The second-order valence-electron chi connectivity index (χ2n) is 8.07. The fraction of sp³-hybridized carbons (Fsp3) is 0.200. The molecule has 0 aliphatic heterocycles. The van der Waals surface area contributed by atoms with E-state index >= 15 is 0 Å². The van der Waals surface area contributed by atoms with Crippen molar-refractivity contribution in [3.8, 4) is 0 Å². The Morgan fingerprint density at radius 2 is 0.853 bits per heavy atom. The molecule has 0 heterocycles. The zero-order valence-corrected chi connectivity index (χ0v) is 22.4. The topological polar surface area (TPSA) is 3.24 Å². The molecule has 0 aliphatic rings. The van der Waals surface area contributed by atoms with Gasteiger partial charge in [-0.05, 0) is 42.8 Å². The Labute approximate surface area is 212 Å². The van der Waals surface area contributed by atoms with Crippen molar-refractivity contribution in [1.82, 2.24) is 4.90 Å². The van der Waals surface area contributed by atoms with Gasteiger partial charge in [0.15, 0.2) is 0 Å². The predicted molar refractivity (Wildman–Crippen MR) is 158 cm³/mol. The molecule has 0 unspecified atom stereocenters. The van der Waals surface area contributed by atoms with Crippen LogP contribution in [0, 0.1) is 0 Å². The molecular formula is C30H33NP2S. The first kappa shape index (κ1) is 25.2. The van der Waals surface area contributed by atoms with E-state index in [0.717, 1.165) is 19.1 Å². The summed E-state index contributed by atoms with van der Waals surface area (Å²) in [6.45, 7) is 3.38. The van der Waals surface area contributed by atoms with E-state index in [1.807, 2.05) is 11.8 Å². The standard InChI is InChI=1S/C30H33NP2S/c1-2-34-24-23-31(25-32(27-15-7-3-8-16-27)28-17-9-4-10-18-28)26-33(29-19-11-5-12-20-29)30-21-13-6-14-22-30/h3-22H,2,23-26H2,1H3. The fourth-order valence-corrected chi connectivity index (χ4v) is 9.47. The van der Waals surface area contributed by atoms with Gasteiger partial charge >= 0.3 is 0 Å². The highest BCUT2D eigenvalue weighted by atomic mass is 32.2. The van der Waals surface area contributed by atoms with Crippen molar-refractivity contribution in [2.75, 3.05) is 30.6 Å². The van der Waals surface area contributed by atoms with E-state index in [0.29, 0.717) is 0 Å². The van der Waals surface area contributed by atoms with Crippen LogP contribution in [0.4, 0.5) is 0 Å². The lowest BCUT2D eigenvalue weighted by atomic mass is 10.4. The van der Waals surface area contributed by atoms with Crippen molar-refractivity contribution in [3.63, 3.8) is 0 Å². The summed E-state index contributed by atoms with van der Waals surface area (Å²) in [6.07, 6.45) is 2.18. The van der Waals surface area contributed by atoms with Crippen LogP contribution in [0.15, 0.2) is 121 Å². The summed E-state index contributed by atoms with van der Waals surface area (Å²) in [7, 11) is -0.905. The number of hydrogen-bond donors (Lipinski definition) is 0. The molecule has 4 aromatic carbocycles. The highest BCUT2D eigenvalue weighted by molar-refractivity contribution is 7.99. The summed E-state index contributed by atoms with van der Waals surface area (Å²) < 4.78 is 0. The van der Waals surface area contributed by atoms with Gasteiger partial charge in [-0.2, -0.15) is 11.8 Å². The van der Waals surface area contributed by atoms with Gasteiger partial charge in [-0.15, -0.1) is 0 Å². The van der Waals surface area contributed by atoms with Crippen LogP contribution in [0.25, 0.3) is 0 Å². The Kier molecular flexibility index (Phi) is 10.2. The first-order valence-electron chi connectivity index (χ1n) is 11.9. The Bertz CT molecular complexity index is 914. The van der Waals surface area contributed by atoms with Gasteiger partial charge in [-0.1, -0.05) is 128 Å². The maximum atomic E-state index is 2.75. The minimum absolute atomic E-state index is 0.452. The van der Waals surface area contributed by atoms with Gasteiger partial charge in [-0.25, -0.2) is 0 Å². The van der Waals surface area contributed by atoms with E-state index in [4.69, 9.17) is 0 Å². The van der Waals surface area contributed by atoms with Gasteiger partial charge in [0.25, 0.3) is 0 Å². The van der Waals surface area contributed by atoms with Crippen molar-refractivity contribution in [1.29, 1.82) is 0 Å². The second-order valence-corrected chi connectivity index (χ2v) is 13.8. The molecule has 0 aliphatic carbocycles. The van der Waals surface area contributed by atoms with Crippen LogP contribution in [-0.2, 0) is 0 Å². The molecule has 0 N–H and O–H groups in total. The van der Waals surface area contributed by atoms with Crippen LogP contribution in [0.3, 0.4) is 0 Å². The summed E-state index contributed by atoms with van der Waals surface area (Å²) in [5.41, 5.74) is 0. The van der Waals surface area contributed by atoms with Crippen LogP contribution in [-0.4, -0.2) is 35.5 Å². The first-order chi connectivity index (χ1) is 16.8. The first-order valence-corrected chi connectivity index (χ1v) is 16.1. The van der Waals surface area contributed by atoms with Crippen molar-refractivity contribution in [2.24, 2.45) is 0 Å². The fourth-order valence-electron chi connectivity index (χ4n) is 3.98. The predicted octanol–water partition coefficient (Wildman–Crippen LogP) is 6.22. The van der Waals surface area contributed by atoms with Crippen molar-refractivity contribution in [2.45, 2.75) is 6.92 Å². The molecule has 0 fully saturated rings. The lowest BCUT2D eigenvalue weighted by molar-refractivity contribution is 0.399. The van der Waals surface area contributed by atoms with Crippen molar-refractivity contribution >= 4 is 48.8 Å². The molecule has 174 valence electrons. The largest absolute Gasteiger partial charge is 0.293 e. The van der Waals surface area contributed by atoms with E-state index in [-0.39, 0.29) is 0 Å². The van der Waals surface area contributed by atoms with E-state index < -0.39 is 15.8 Å². The van der Waals surface area contributed by atoms with Gasteiger partial charge in [-0.3, -0.25) is 4.90 Å². The third-order valence-electron chi connectivity index (χ3n) is 5.71. The van der Waals surface area contributed by atoms with Crippen molar-refractivity contribution < 1.29 is 0 Å². The quantitative estimate of drug-likeness (QED) is 0.167. The van der Waals surface area contributed by atoms with E-state index in [9.17, 15) is 0 Å². The number of hydrogen-bond acceptors (Lipinski definition) is 2. The smallest absolute Gasteiger partial charge is 0.0269 e. The number of rotatable bonds is 12. The molecule has 0 saturated heterocycles. The summed E-state index contributed by atoms with van der Waals surface area (Å²) in [5.74, 6) is 2.35. The lowest BCUT2D eigenvalue weighted by Gasteiger charge is -2.32. The molecule has 1 nitrogen and oxygen atoms in total. The Morgan fingerprint density at radius 3 is 1.15 bits per heavy atom. The Hall–Kier alpha value is -1.95. The summed E-state index contributed by atoms with van der Waals surface area (Å²) >= 11 is 2.05. The Balaban J connectivity index is 1.65. The minimum atomic E-state index is -0.452. The highest BCUT2D eigenvalue weighted by Gasteiger charge is 2.22. The average Bonchev–Trinajstić information content (AvgIpc) is 2.92. The molecule has 0 spiro atoms. The number of thioether (sulfide) groups is 1. The van der Waals surface area contributed by atoms with Gasteiger partial charge in [0.2, 0.25) is 0 Å². The average molecular weight is 502 g/mol. The van der Waals surface area contributed by atoms with Gasteiger partial charge < -0.3 is 0 Å². The van der Waals surface area contributed by atoms with E-state index in [1.165, 1.54) is 32.7 Å². The molecule has 0 saturated carbocycles. The third-order valence-corrected chi connectivity index (χ3v) is 11.6. The minimum Gasteiger partial charge on any atom is -0.293 e. The SMILES string of the molecule is CCSCCN(CP(c1ccccc1)c1ccccc1)CP(c1ccccc1)c1ccccc1. The normalized spacial score (nSPS) is 11.4. The zero-order valence-electron chi connectivity index (χ0n) is 19.8. The summed E-state index contributed by atoms with van der Waals surface area (Å²) in [6, 6.07) is 44.5. The number of nitrogens with zero attached hydrogens (tertiary/aromatic N) is 1. The molecule has 0 aromatic heterocycles. The molecule has 4 rings (SSSR count). The van der Waals surface area contributed by atoms with Crippen LogP contribution in [0.5, 0.6) is 0 Å². The molecule has 0 amide bonds. The van der Waals surface area contributed by atoms with Crippen LogP contribution >= 0.6 is 27.6 Å². The molecule has 0 radical (unpaired) electrons. The molecular weight excluding hydrogens is 468 g/mol. The summed E-state index contributed by atoms with van der Waals surface area (Å²) in [5, 5.41) is 5.84. The van der Waals surface area contributed by atoms with Crippen LogP contribution in [0.2, 0.25) is 0 Å². The van der Waals surface area contributed by atoms with Gasteiger partial charge in [0, 0.05) is 24.9 Å². The molecule has 4 aromatic rings. The van der Waals surface area contributed by atoms with E-state index in [1.54, 1.807) is 0 Å². The van der Waals surface area contributed by atoms with E-state index in [2.05, 4.69) is 133 Å². The number of benzene rings is 4. The molecule has 0 atom stereocenters. The lowest BCUT2D eigenvalue weighted by Crippen LogP contribution is -2.33. The van der Waals surface area contributed by atoms with Crippen LogP contribution in [0.1, 0.15) is 6.92 Å². The third kappa shape index (κ3) is 7.27. The van der Waals surface area contributed by atoms with Crippen LogP contribution < -0.4 is 21.2 Å². The molecule has 0 bridgehead atoms.